The third-order valence-electron chi connectivity index (χ3n) is 3.66. The minimum atomic E-state index is -0.312. The van der Waals surface area contributed by atoms with Gasteiger partial charge in [0.1, 0.15) is 5.82 Å². The molecule has 0 amide bonds. The lowest BCUT2D eigenvalue weighted by Gasteiger charge is -2.31. The number of thiophene rings is 1. The standard InChI is InChI=1S/C12H15N5O2S/c13-11-7-9(14-15-11)8-1-4-16(5-2-8)12-10(17(18)19)3-6-20-12/h3,6-8H,1-2,4-5H2,(H3,13,14,15). The lowest BCUT2D eigenvalue weighted by molar-refractivity contribution is -0.383. The number of nitrogens with zero attached hydrogens (tertiary/aromatic N) is 3. The largest absolute Gasteiger partial charge is 0.382 e. The molecular formula is C12H15N5O2S. The molecule has 20 heavy (non-hydrogen) atoms. The number of aromatic amines is 1. The number of hydrogen-bond donors (Lipinski definition) is 2. The van der Waals surface area contributed by atoms with Gasteiger partial charge >= 0.3 is 5.69 Å². The van der Waals surface area contributed by atoms with Gasteiger partial charge in [-0.15, -0.1) is 11.3 Å². The molecule has 0 atom stereocenters. The zero-order chi connectivity index (χ0) is 14.1. The molecule has 2 aromatic heterocycles. The first-order chi connectivity index (χ1) is 9.65. The molecule has 1 aliphatic rings. The molecule has 3 N–H and O–H groups in total. The Morgan fingerprint density at radius 3 is 2.85 bits per heavy atom. The Bertz CT molecular complexity index is 615. The maximum atomic E-state index is 11.0. The molecule has 3 heterocycles. The van der Waals surface area contributed by atoms with Crippen LogP contribution in [0.4, 0.5) is 16.5 Å². The predicted molar refractivity (Wildman–Crippen MR) is 78.2 cm³/mol. The summed E-state index contributed by atoms with van der Waals surface area (Å²) in [6, 6.07) is 3.44. The van der Waals surface area contributed by atoms with Crippen LogP contribution in [0, 0.1) is 10.1 Å². The van der Waals surface area contributed by atoms with E-state index in [1.165, 1.54) is 11.3 Å². The number of H-pyrrole nitrogens is 1. The maximum Gasteiger partial charge on any atom is 0.303 e. The van der Waals surface area contributed by atoms with Gasteiger partial charge in [0.05, 0.1) is 4.92 Å². The fourth-order valence-corrected chi connectivity index (χ4v) is 3.55. The summed E-state index contributed by atoms with van der Waals surface area (Å²) >= 11 is 1.43. The highest BCUT2D eigenvalue weighted by molar-refractivity contribution is 7.14. The Labute approximate surface area is 119 Å². The number of aromatic nitrogens is 2. The van der Waals surface area contributed by atoms with Crippen LogP contribution >= 0.6 is 11.3 Å². The first kappa shape index (κ1) is 12.9. The normalized spacial score (nSPS) is 16.5. The highest BCUT2D eigenvalue weighted by Gasteiger charge is 2.27. The van der Waals surface area contributed by atoms with Gasteiger partial charge < -0.3 is 10.6 Å². The molecule has 0 aromatic carbocycles. The number of nitrogens with two attached hydrogens (primary N) is 1. The Balaban J connectivity index is 1.69. The molecule has 0 bridgehead atoms. The van der Waals surface area contributed by atoms with E-state index in [9.17, 15) is 10.1 Å². The highest BCUT2D eigenvalue weighted by atomic mass is 32.1. The summed E-state index contributed by atoms with van der Waals surface area (Å²) < 4.78 is 0. The third kappa shape index (κ3) is 2.34. The van der Waals surface area contributed by atoms with Crippen molar-refractivity contribution in [2.75, 3.05) is 23.7 Å². The Kier molecular flexibility index (Phi) is 3.31. The number of rotatable bonds is 3. The number of anilines is 2. The van der Waals surface area contributed by atoms with Gasteiger partial charge in [0.25, 0.3) is 0 Å². The lowest BCUT2D eigenvalue weighted by atomic mass is 9.94. The molecule has 0 unspecified atom stereocenters. The van der Waals surface area contributed by atoms with Gasteiger partial charge in [0, 0.05) is 36.8 Å². The van der Waals surface area contributed by atoms with E-state index in [1.807, 2.05) is 6.07 Å². The van der Waals surface area contributed by atoms with Gasteiger partial charge in [0.2, 0.25) is 0 Å². The van der Waals surface area contributed by atoms with Crippen molar-refractivity contribution >= 4 is 27.8 Å². The van der Waals surface area contributed by atoms with E-state index < -0.39 is 0 Å². The molecular weight excluding hydrogens is 278 g/mol. The van der Waals surface area contributed by atoms with Crippen molar-refractivity contribution in [1.29, 1.82) is 0 Å². The van der Waals surface area contributed by atoms with Crippen LogP contribution in [0.2, 0.25) is 0 Å². The zero-order valence-electron chi connectivity index (χ0n) is 10.8. The van der Waals surface area contributed by atoms with Gasteiger partial charge in [-0.3, -0.25) is 15.2 Å². The van der Waals surface area contributed by atoms with Crippen LogP contribution in [0.1, 0.15) is 24.5 Å². The van der Waals surface area contributed by atoms with Gasteiger partial charge in [-0.2, -0.15) is 5.10 Å². The average molecular weight is 293 g/mol. The molecule has 1 saturated heterocycles. The van der Waals surface area contributed by atoms with Crippen LogP contribution in [0.15, 0.2) is 17.5 Å². The maximum absolute atomic E-state index is 11.0. The molecule has 1 fully saturated rings. The second-order valence-corrected chi connectivity index (χ2v) is 5.77. The SMILES string of the molecule is Nc1cc(C2CCN(c3sccc3[N+](=O)[O-])CC2)[nH]n1. The van der Waals surface area contributed by atoms with Crippen molar-refractivity contribution in [3.63, 3.8) is 0 Å². The van der Waals surface area contributed by atoms with Crippen molar-refractivity contribution < 1.29 is 4.92 Å². The third-order valence-corrected chi connectivity index (χ3v) is 4.62. The van der Waals surface area contributed by atoms with Crippen LogP contribution in [-0.2, 0) is 0 Å². The second-order valence-electron chi connectivity index (χ2n) is 4.88. The average Bonchev–Trinajstić information content (AvgIpc) is 3.07. The van der Waals surface area contributed by atoms with Crippen molar-refractivity contribution in [2.45, 2.75) is 18.8 Å². The van der Waals surface area contributed by atoms with Gasteiger partial charge in [-0.25, -0.2) is 0 Å². The molecule has 7 nitrogen and oxygen atoms in total. The first-order valence-electron chi connectivity index (χ1n) is 6.43. The number of nitrogens with one attached hydrogen (secondary N) is 1. The molecule has 8 heteroatoms. The number of nitro groups is 1. The molecule has 0 saturated carbocycles. The van der Waals surface area contributed by atoms with Gasteiger partial charge in [-0.05, 0) is 18.2 Å². The summed E-state index contributed by atoms with van der Waals surface area (Å²) in [5, 5.41) is 20.4. The topological polar surface area (TPSA) is 101 Å². The molecule has 0 spiro atoms. The Morgan fingerprint density at radius 2 is 2.25 bits per heavy atom. The smallest absolute Gasteiger partial charge is 0.303 e. The lowest BCUT2D eigenvalue weighted by Crippen LogP contribution is -2.32. The van der Waals surface area contributed by atoms with E-state index in [-0.39, 0.29) is 10.6 Å². The number of piperidine rings is 1. The van der Waals surface area contributed by atoms with E-state index in [0.717, 1.165) is 36.6 Å². The summed E-state index contributed by atoms with van der Waals surface area (Å²) in [6.45, 7) is 1.62. The van der Waals surface area contributed by atoms with Gasteiger partial charge in [-0.1, -0.05) is 0 Å². The summed E-state index contributed by atoms with van der Waals surface area (Å²) in [6.07, 6.45) is 1.88. The zero-order valence-corrected chi connectivity index (χ0v) is 11.6. The highest BCUT2D eigenvalue weighted by Crippen LogP contribution is 2.38. The monoisotopic (exact) mass is 293 g/mol. The molecule has 2 aromatic rings. The summed E-state index contributed by atoms with van der Waals surface area (Å²) in [4.78, 5) is 12.8. The molecule has 3 rings (SSSR count). The Morgan fingerprint density at radius 1 is 1.50 bits per heavy atom. The van der Waals surface area contributed by atoms with Crippen LogP contribution in [-0.4, -0.2) is 28.2 Å². The molecule has 106 valence electrons. The van der Waals surface area contributed by atoms with Crippen molar-refractivity contribution in [3.05, 3.63) is 33.3 Å². The minimum absolute atomic E-state index is 0.208. The van der Waals surface area contributed by atoms with E-state index in [2.05, 4.69) is 15.1 Å². The second kappa shape index (κ2) is 5.12. The Hall–Kier alpha value is -2.09. The quantitative estimate of drug-likeness (QED) is 0.668. The summed E-state index contributed by atoms with van der Waals surface area (Å²) in [5.74, 6) is 0.909. The minimum Gasteiger partial charge on any atom is -0.382 e. The van der Waals surface area contributed by atoms with E-state index in [4.69, 9.17) is 5.73 Å². The predicted octanol–water partition coefficient (Wildman–Crippen LogP) is 2.35. The summed E-state index contributed by atoms with van der Waals surface area (Å²) in [5.41, 5.74) is 6.88. The number of nitrogen functional groups attached to an aromatic ring is 1. The summed E-state index contributed by atoms with van der Waals surface area (Å²) in [7, 11) is 0. The van der Waals surface area contributed by atoms with Crippen LogP contribution in [0.3, 0.4) is 0 Å². The van der Waals surface area contributed by atoms with Crippen LogP contribution in [0.5, 0.6) is 0 Å². The van der Waals surface area contributed by atoms with Crippen molar-refractivity contribution in [1.82, 2.24) is 10.2 Å². The van der Waals surface area contributed by atoms with Crippen molar-refractivity contribution in [3.8, 4) is 0 Å². The van der Waals surface area contributed by atoms with Crippen molar-refractivity contribution in [2.24, 2.45) is 0 Å². The van der Waals surface area contributed by atoms with Crippen LogP contribution in [0.25, 0.3) is 0 Å². The van der Waals surface area contributed by atoms with Gasteiger partial charge in [0.15, 0.2) is 5.00 Å². The first-order valence-corrected chi connectivity index (χ1v) is 7.30. The van der Waals surface area contributed by atoms with E-state index in [0.29, 0.717) is 11.7 Å². The molecule has 0 radical (unpaired) electrons. The van der Waals surface area contributed by atoms with E-state index in [1.54, 1.807) is 11.4 Å². The molecule has 0 aliphatic carbocycles. The van der Waals surface area contributed by atoms with Crippen LogP contribution < -0.4 is 10.6 Å². The van der Waals surface area contributed by atoms with E-state index >= 15 is 0 Å². The molecule has 1 aliphatic heterocycles. The fraction of sp³-hybridized carbons (Fsp3) is 0.417. The fourth-order valence-electron chi connectivity index (χ4n) is 2.63. The number of hydrogen-bond acceptors (Lipinski definition) is 6.